The zero-order chi connectivity index (χ0) is 21.0. The lowest BCUT2D eigenvalue weighted by Gasteiger charge is -2.18. The fourth-order valence-corrected chi connectivity index (χ4v) is 3.03. The minimum atomic E-state index is -1.02. The molecular formula is C22H22N2O5. The Balaban J connectivity index is 1.53. The Morgan fingerprint density at radius 3 is 2.79 bits per heavy atom. The lowest BCUT2D eigenvalue weighted by molar-refractivity contribution is -0.155. The number of hydrogen-bond donors (Lipinski definition) is 1. The molecule has 0 radical (unpaired) electrons. The van der Waals surface area contributed by atoms with Crippen molar-refractivity contribution in [2.24, 2.45) is 0 Å². The van der Waals surface area contributed by atoms with Crippen molar-refractivity contribution >= 4 is 17.6 Å². The highest BCUT2D eigenvalue weighted by molar-refractivity contribution is 5.95. The van der Waals surface area contributed by atoms with Crippen molar-refractivity contribution in [1.82, 2.24) is 0 Å². The standard InChI is InChI=1S/C22H22N2O5/c1-14(21(26)24-17-8-4-6-15(10-17)12-23)28-19(25)13-27-18-9-5-7-16-11-22(2,3)29-20(16)18/h4-10,14H,11,13H2,1-3H3,(H,24,26)/t14-/m1/s1. The maximum Gasteiger partial charge on any atom is 0.344 e. The molecule has 1 aliphatic heterocycles. The number of para-hydroxylation sites is 1. The fraction of sp³-hybridized carbons (Fsp3) is 0.318. The summed E-state index contributed by atoms with van der Waals surface area (Å²) in [6, 6.07) is 14.0. The Bertz CT molecular complexity index is 977. The normalized spacial score (nSPS) is 14.7. The van der Waals surface area contributed by atoms with Gasteiger partial charge in [-0.1, -0.05) is 18.2 Å². The highest BCUT2D eigenvalue weighted by Crippen LogP contribution is 2.41. The number of nitriles is 1. The van der Waals surface area contributed by atoms with E-state index in [1.807, 2.05) is 32.0 Å². The molecule has 29 heavy (non-hydrogen) atoms. The molecule has 3 rings (SSSR count). The molecule has 7 heteroatoms. The zero-order valence-corrected chi connectivity index (χ0v) is 16.5. The van der Waals surface area contributed by atoms with Crippen LogP contribution in [0.25, 0.3) is 0 Å². The summed E-state index contributed by atoms with van der Waals surface area (Å²) in [5, 5.41) is 11.5. The fourth-order valence-electron chi connectivity index (χ4n) is 3.03. The van der Waals surface area contributed by atoms with Gasteiger partial charge in [0.1, 0.15) is 5.60 Å². The van der Waals surface area contributed by atoms with Gasteiger partial charge in [0.25, 0.3) is 5.91 Å². The third kappa shape index (κ3) is 5.05. The van der Waals surface area contributed by atoms with Gasteiger partial charge in [0.15, 0.2) is 24.2 Å². The number of carbonyl (C=O) groups excluding carboxylic acids is 2. The molecule has 0 spiro atoms. The molecular weight excluding hydrogens is 372 g/mol. The second kappa shape index (κ2) is 8.23. The second-order valence-corrected chi connectivity index (χ2v) is 7.39. The van der Waals surface area contributed by atoms with Gasteiger partial charge >= 0.3 is 5.97 Å². The second-order valence-electron chi connectivity index (χ2n) is 7.39. The summed E-state index contributed by atoms with van der Waals surface area (Å²) in [5.74, 6) is -0.0728. The number of hydrogen-bond acceptors (Lipinski definition) is 6. The molecule has 1 aliphatic rings. The minimum Gasteiger partial charge on any atom is -0.483 e. The predicted octanol–water partition coefficient (Wildman–Crippen LogP) is 3.22. The van der Waals surface area contributed by atoms with Gasteiger partial charge in [-0.05, 0) is 45.0 Å². The van der Waals surface area contributed by atoms with Crippen LogP contribution in [-0.2, 0) is 20.7 Å². The number of esters is 1. The van der Waals surface area contributed by atoms with E-state index < -0.39 is 18.0 Å². The van der Waals surface area contributed by atoms with Crippen LogP contribution in [0.1, 0.15) is 31.9 Å². The summed E-state index contributed by atoms with van der Waals surface area (Å²) in [6.45, 7) is 5.09. The summed E-state index contributed by atoms with van der Waals surface area (Å²) >= 11 is 0. The predicted molar refractivity (Wildman–Crippen MR) is 106 cm³/mol. The number of benzene rings is 2. The third-order valence-corrected chi connectivity index (χ3v) is 4.34. The first kappa shape index (κ1) is 20.2. The van der Waals surface area contributed by atoms with Crippen LogP contribution in [0, 0.1) is 11.3 Å². The number of nitrogens with one attached hydrogen (secondary N) is 1. The summed E-state index contributed by atoms with van der Waals surface area (Å²) < 4.78 is 16.6. The van der Waals surface area contributed by atoms with Crippen LogP contribution in [0.15, 0.2) is 42.5 Å². The Labute approximate surface area is 169 Å². The summed E-state index contributed by atoms with van der Waals surface area (Å²) in [7, 11) is 0. The molecule has 0 saturated carbocycles. The van der Waals surface area contributed by atoms with E-state index in [2.05, 4.69) is 5.32 Å². The molecule has 0 saturated heterocycles. The number of nitrogens with zero attached hydrogens (tertiary/aromatic N) is 1. The van der Waals surface area contributed by atoms with Crippen molar-refractivity contribution in [3.63, 3.8) is 0 Å². The van der Waals surface area contributed by atoms with Crippen molar-refractivity contribution in [2.75, 3.05) is 11.9 Å². The van der Waals surface area contributed by atoms with Crippen molar-refractivity contribution in [3.05, 3.63) is 53.6 Å². The SMILES string of the molecule is C[C@@H](OC(=O)COc1cccc2c1OC(C)(C)C2)C(=O)Nc1cccc(C#N)c1. The molecule has 0 fully saturated rings. The van der Waals surface area contributed by atoms with E-state index in [0.717, 1.165) is 12.0 Å². The summed E-state index contributed by atoms with van der Waals surface area (Å²) in [5.41, 5.74) is 1.57. The van der Waals surface area contributed by atoms with E-state index in [4.69, 9.17) is 19.5 Å². The summed E-state index contributed by atoms with van der Waals surface area (Å²) in [4.78, 5) is 24.3. The molecule has 2 aromatic carbocycles. The van der Waals surface area contributed by atoms with E-state index in [-0.39, 0.29) is 12.2 Å². The van der Waals surface area contributed by atoms with E-state index in [1.165, 1.54) is 13.0 Å². The van der Waals surface area contributed by atoms with Crippen molar-refractivity contribution < 1.29 is 23.8 Å². The van der Waals surface area contributed by atoms with E-state index in [0.29, 0.717) is 22.7 Å². The Morgan fingerprint density at radius 2 is 2.03 bits per heavy atom. The highest BCUT2D eigenvalue weighted by Gasteiger charge is 2.32. The molecule has 0 unspecified atom stereocenters. The van der Waals surface area contributed by atoms with Crippen LogP contribution in [-0.4, -0.2) is 30.2 Å². The first-order valence-electron chi connectivity index (χ1n) is 9.21. The molecule has 1 atom stereocenters. The van der Waals surface area contributed by atoms with Gasteiger partial charge in [0, 0.05) is 17.7 Å². The smallest absolute Gasteiger partial charge is 0.344 e. The maximum absolute atomic E-state index is 12.2. The molecule has 0 aliphatic carbocycles. The topological polar surface area (TPSA) is 97.7 Å². The number of rotatable bonds is 6. The van der Waals surface area contributed by atoms with Crippen LogP contribution >= 0.6 is 0 Å². The minimum absolute atomic E-state index is 0.322. The highest BCUT2D eigenvalue weighted by atomic mass is 16.6. The van der Waals surface area contributed by atoms with Gasteiger partial charge in [0.2, 0.25) is 0 Å². The van der Waals surface area contributed by atoms with Crippen LogP contribution in [0.4, 0.5) is 5.69 Å². The molecule has 1 heterocycles. The molecule has 2 aromatic rings. The summed E-state index contributed by atoms with van der Waals surface area (Å²) in [6.07, 6.45) is -0.262. The van der Waals surface area contributed by atoms with Crippen molar-refractivity contribution in [1.29, 1.82) is 5.26 Å². The number of carbonyl (C=O) groups is 2. The van der Waals surface area contributed by atoms with E-state index >= 15 is 0 Å². The zero-order valence-electron chi connectivity index (χ0n) is 16.5. The van der Waals surface area contributed by atoms with Gasteiger partial charge in [-0.15, -0.1) is 0 Å². The van der Waals surface area contributed by atoms with Gasteiger partial charge in [-0.3, -0.25) is 4.79 Å². The average molecular weight is 394 g/mol. The van der Waals surface area contributed by atoms with Gasteiger partial charge in [-0.2, -0.15) is 5.26 Å². The largest absolute Gasteiger partial charge is 0.483 e. The maximum atomic E-state index is 12.2. The molecule has 1 N–H and O–H groups in total. The number of fused-ring (bicyclic) bond motifs is 1. The number of anilines is 1. The Hall–Kier alpha value is -3.53. The van der Waals surface area contributed by atoms with Gasteiger partial charge in [0.05, 0.1) is 11.6 Å². The first-order valence-corrected chi connectivity index (χ1v) is 9.21. The lowest BCUT2D eigenvalue weighted by atomic mass is 10.0. The van der Waals surface area contributed by atoms with Gasteiger partial charge < -0.3 is 19.5 Å². The van der Waals surface area contributed by atoms with Crippen molar-refractivity contribution in [3.8, 4) is 17.6 Å². The number of amides is 1. The van der Waals surface area contributed by atoms with Crippen molar-refractivity contribution in [2.45, 2.75) is 38.9 Å². The monoisotopic (exact) mass is 394 g/mol. The van der Waals surface area contributed by atoms with Crippen LogP contribution in [0.2, 0.25) is 0 Å². The lowest BCUT2D eigenvalue weighted by Crippen LogP contribution is -2.31. The molecule has 150 valence electrons. The Kier molecular flexibility index (Phi) is 5.74. The quantitative estimate of drug-likeness (QED) is 0.756. The Morgan fingerprint density at radius 1 is 1.28 bits per heavy atom. The molecule has 0 aromatic heterocycles. The van der Waals surface area contributed by atoms with Crippen LogP contribution < -0.4 is 14.8 Å². The average Bonchev–Trinajstić information content (AvgIpc) is 3.00. The van der Waals surface area contributed by atoms with E-state index in [1.54, 1.807) is 24.3 Å². The molecule has 1 amide bonds. The van der Waals surface area contributed by atoms with E-state index in [9.17, 15) is 9.59 Å². The molecule has 7 nitrogen and oxygen atoms in total. The molecule has 0 bridgehead atoms. The first-order chi connectivity index (χ1) is 13.8. The van der Waals surface area contributed by atoms with Gasteiger partial charge in [-0.25, -0.2) is 4.79 Å². The van der Waals surface area contributed by atoms with Crippen LogP contribution in [0.3, 0.4) is 0 Å². The third-order valence-electron chi connectivity index (χ3n) is 4.34. The number of ether oxygens (including phenoxy) is 3. The van der Waals surface area contributed by atoms with Crippen LogP contribution in [0.5, 0.6) is 11.5 Å².